The molecule has 27 heavy (non-hydrogen) atoms. The number of nitrogens with two attached hydrogens (primary N) is 1. The molecule has 0 aliphatic heterocycles. The molecule has 3 amide bonds. The number of aliphatic hydroxyl groups excluding tert-OH is 1. The molecule has 0 aromatic rings. The fourth-order valence-corrected chi connectivity index (χ4v) is 2.53. The first-order valence-electron chi connectivity index (χ1n) is 8.54. The van der Waals surface area contributed by atoms with E-state index in [4.69, 9.17) is 10.8 Å². The van der Waals surface area contributed by atoms with Gasteiger partial charge in [-0.1, -0.05) is 13.8 Å². The van der Waals surface area contributed by atoms with E-state index in [0.29, 0.717) is 12.2 Å². The Morgan fingerprint density at radius 1 is 1.04 bits per heavy atom. The van der Waals surface area contributed by atoms with Crippen LogP contribution in [0.3, 0.4) is 0 Å². The summed E-state index contributed by atoms with van der Waals surface area (Å²) in [5.74, 6) is -2.83. The van der Waals surface area contributed by atoms with Gasteiger partial charge in [0, 0.05) is 0 Å². The predicted octanol–water partition coefficient (Wildman–Crippen LogP) is -1.73. The molecule has 0 heterocycles. The molecule has 0 rings (SSSR count). The number of amides is 3. The van der Waals surface area contributed by atoms with Gasteiger partial charge in [0.25, 0.3) is 0 Å². The maximum Gasteiger partial charge on any atom is 0.322 e. The Balaban J connectivity index is 5.12. The monoisotopic (exact) mass is 406 g/mol. The molecule has 4 unspecified atom stereocenters. The number of rotatable bonds is 12. The standard InChI is InChI=1S/C16H30N4O6S/c1-8(2)13(20-15(25)12(17)9(3)21)16(26)19-10(5-6-27-4)14(24)18-7-11(22)23/h8-10,12-13,21H,5-7,17H2,1-4H3,(H,18,24)(H,19,26)(H,20,25)(H,22,23). The minimum atomic E-state index is -1.20. The van der Waals surface area contributed by atoms with Crippen LogP contribution in [-0.4, -0.2) is 76.7 Å². The van der Waals surface area contributed by atoms with Crippen molar-refractivity contribution < 1.29 is 29.4 Å². The van der Waals surface area contributed by atoms with Crippen LogP contribution in [0.25, 0.3) is 0 Å². The Morgan fingerprint density at radius 2 is 1.63 bits per heavy atom. The number of hydrogen-bond donors (Lipinski definition) is 6. The van der Waals surface area contributed by atoms with Crippen LogP contribution < -0.4 is 21.7 Å². The molecule has 10 nitrogen and oxygen atoms in total. The summed E-state index contributed by atoms with van der Waals surface area (Å²) >= 11 is 1.47. The van der Waals surface area contributed by atoms with Gasteiger partial charge in [0.05, 0.1) is 6.10 Å². The molecule has 0 fully saturated rings. The lowest BCUT2D eigenvalue weighted by molar-refractivity contribution is -0.138. The molecular formula is C16H30N4O6S. The fourth-order valence-electron chi connectivity index (χ4n) is 2.06. The Bertz CT molecular complexity index is 529. The highest BCUT2D eigenvalue weighted by Crippen LogP contribution is 2.06. The largest absolute Gasteiger partial charge is 0.480 e. The van der Waals surface area contributed by atoms with Gasteiger partial charge in [-0.05, 0) is 31.3 Å². The van der Waals surface area contributed by atoms with Crippen molar-refractivity contribution in [2.75, 3.05) is 18.6 Å². The molecule has 0 aromatic carbocycles. The minimum Gasteiger partial charge on any atom is -0.480 e. The molecule has 4 atom stereocenters. The Hall–Kier alpha value is -1.85. The molecule has 156 valence electrons. The molecule has 11 heteroatoms. The highest BCUT2D eigenvalue weighted by atomic mass is 32.2. The second kappa shape index (κ2) is 12.5. The summed E-state index contributed by atoms with van der Waals surface area (Å²) < 4.78 is 0. The number of carbonyl (C=O) groups excluding carboxylic acids is 3. The van der Waals surface area contributed by atoms with E-state index in [2.05, 4.69) is 16.0 Å². The molecule has 0 saturated heterocycles. The quantitative estimate of drug-likeness (QED) is 0.222. The minimum absolute atomic E-state index is 0.296. The summed E-state index contributed by atoms with van der Waals surface area (Å²) in [7, 11) is 0. The first-order chi connectivity index (χ1) is 12.5. The molecule has 0 aliphatic carbocycles. The van der Waals surface area contributed by atoms with Crippen LogP contribution in [0.1, 0.15) is 27.2 Å². The second-order valence-corrected chi connectivity index (χ2v) is 7.44. The third kappa shape index (κ3) is 9.59. The van der Waals surface area contributed by atoms with E-state index in [1.54, 1.807) is 13.8 Å². The first kappa shape index (κ1) is 25.1. The lowest BCUT2D eigenvalue weighted by Crippen LogP contribution is -2.58. The van der Waals surface area contributed by atoms with Gasteiger partial charge in [-0.3, -0.25) is 19.2 Å². The molecular weight excluding hydrogens is 376 g/mol. The van der Waals surface area contributed by atoms with Crippen LogP contribution in [0.15, 0.2) is 0 Å². The summed E-state index contributed by atoms with van der Waals surface area (Å²) in [5, 5.41) is 25.4. The average molecular weight is 407 g/mol. The number of aliphatic carboxylic acids is 1. The Morgan fingerprint density at radius 3 is 2.07 bits per heavy atom. The molecule has 0 aliphatic rings. The number of carbonyl (C=O) groups is 4. The normalized spacial score (nSPS) is 15.4. The van der Waals surface area contributed by atoms with Crippen molar-refractivity contribution in [1.29, 1.82) is 0 Å². The smallest absolute Gasteiger partial charge is 0.322 e. The van der Waals surface area contributed by atoms with Gasteiger partial charge in [-0.15, -0.1) is 0 Å². The lowest BCUT2D eigenvalue weighted by Gasteiger charge is -2.26. The molecule has 0 bridgehead atoms. The van der Waals surface area contributed by atoms with Gasteiger partial charge < -0.3 is 31.9 Å². The predicted molar refractivity (Wildman–Crippen MR) is 102 cm³/mol. The van der Waals surface area contributed by atoms with Crippen LogP contribution in [0.5, 0.6) is 0 Å². The second-order valence-electron chi connectivity index (χ2n) is 6.45. The summed E-state index contributed by atoms with van der Waals surface area (Å²) in [5.41, 5.74) is 5.58. The summed E-state index contributed by atoms with van der Waals surface area (Å²) in [6.07, 6.45) is 1.05. The highest BCUT2D eigenvalue weighted by Gasteiger charge is 2.30. The molecule has 0 spiro atoms. The third-order valence-corrected chi connectivity index (χ3v) is 4.37. The van der Waals surface area contributed by atoms with E-state index in [9.17, 15) is 24.3 Å². The molecule has 0 aromatic heterocycles. The van der Waals surface area contributed by atoms with Gasteiger partial charge in [-0.2, -0.15) is 11.8 Å². The van der Waals surface area contributed by atoms with E-state index in [1.165, 1.54) is 18.7 Å². The van der Waals surface area contributed by atoms with Gasteiger partial charge in [0.1, 0.15) is 24.7 Å². The number of thioether (sulfide) groups is 1. The summed E-state index contributed by atoms with van der Waals surface area (Å²) in [4.78, 5) is 47.4. The van der Waals surface area contributed by atoms with Crippen LogP contribution in [0.2, 0.25) is 0 Å². The van der Waals surface area contributed by atoms with Crippen LogP contribution >= 0.6 is 11.8 Å². The average Bonchev–Trinajstić information content (AvgIpc) is 2.59. The first-order valence-corrected chi connectivity index (χ1v) is 9.93. The Labute approximate surface area is 163 Å². The van der Waals surface area contributed by atoms with E-state index in [-0.39, 0.29) is 5.92 Å². The van der Waals surface area contributed by atoms with Crippen molar-refractivity contribution >= 4 is 35.5 Å². The maximum atomic E-state index is 12.6. The van der Waals surface area contributed by atoms with Crippen LogP contribution in [-0.2, 0) is 19.2 Å². The Kier molecular flexibility index (Phi) is 11.7. The summed E-state index contributed by atoms with van der Waals surface area (Å²) in [6, 6.07) is -3.09. The SMILES string of the molecule is CSCCC(NC(=O)C(NC(=O)C(N)C(C)O)C(C)C)C(=O)NCC(=O)O. The molecule has 0 saturated carbocycles. The van der Waals surface area contributed by atoms with Crippen molar-refractivity contribution in [2.45, 2.75) is 51.4 Å². The van der Waals surface area contributed by atoms with Crippen molar-refractivity contribution in [1.82, 2.24) is 16.0 Å². The third-order valence-electron chi connectivity index (χ3n) is 3.73. The van der Waals surface area contributed by atoms with Gasteiger partial charge >= 0.3 is 5.97 Å². The molecule has 0 radical (unpaired) electrons. The maximum absolute atomic E-state index is 12.6. The summed E-state index contributed by atoms with van der Waals surface area (Å²) in [6.45, 7) is 4.22. The number of aliphatic hydroxyl groups is 1. The van der Waals surface area contributed by atoms with Crippen LogP contribution in [0, 0.1) is 5.92 Å². The zero-order valence-corrected chi connectivity index (χ0v) is 16.8. The number of nitrogens with one attached hydrogen (secondary N) is 3. The number of carboxylic acid groups (broad SMARTS) is 1. The van der Waals surface area contributed by atoms with Gasteiger partial charge in [0.2, 0.25) is 17.7 Å². The lowest BCUT2D eigenvalue weighted by atomic mass is 10.0. The number of hydrogen-bond acceptors (Lipinski definition) is 7. The van der Waals surface area contributed by atoms with E-state index in [0.717, 1.165) is 0 Å². The number of carboxylic acids is 1. The van der Waals surface area contributed by atoms with Crippen LogP contribution in [0.4, 0.5) is 0 Å². The zero-order chi connectivity index (χ0) is 21.1. The van der Waals surface area contributed by atoms with Crippen molar-refractivity contribution in [3.8, 4) is 0 Å². The highest BCUT2D eigenvalue weighted by molar-refractivity contribution is 7.98. The topological polar surface area (TPSA) is 171 Å². The van der Waals surface area contributed by atoms with Crippen molar-refractivity contribution in [2.24, 2.45) is 11.7 Å². The van der Waals surface area contributed by atoms with Gasteiger partial charge in [-0.25, -0.2) is 0 Å². The van der Waals surface area contributed by atoms with Crippen molar-refractivity contribution in [3.63, 3.8) is 0 Å². The zero-order valence-electron chi connectivity index (χ0n) is 16.0. The van der Waals surface area contributed by atoms with E-state index < -0.39 is 54.5 Å². The van der Waals surface area contributed by atoms with E-state index >= 15 is 0 Å². The fraction of sp³-hybridized carbons (Fsp3) is 0.750. The molecule has 7 N–H and O–H groups in total. The van der Waals surface area contributed by atoms with Crippen molar-refractivity contribution in [3.05, 3.63) is 0 Å². The van der Waals surface area contributed by atoms with Gasteiger partial charge in [0.15, 0.2) is 0 Å². The van der Waals surface area contributed by atoms with E-state index in [1.807, 2.05) is 6.26 Å².